The molecule has 0 spiro atoms. The molecule has 2 rings (SSSR count). The molecule has 15 nitrogen and oxygen atoms in total. The molecule has 0 aromatic carbocycles. The zero-order valence-electron chi connectivity index (χ0n) is 31.4. The van der Waals surface area contributed by atoms with Gasteiger partial charge < -0.3 is 24.7 Å². The van der Waals surface area contributed by atoms with E-state index in [9.17, 15) is 23.7 Å². The number of nitrogens with two attached hydrogens (primary N) is 1. The maximum Gasteiger partial charge on any atom is 0.480 e. The summed E-state index contributed by atoms with van der Waals surface area (Å²) < 4.78 is 82.3. The topological polar surface area (TPSA) is 194 Å². The Hall–Kier alpha value is -2.98. The first-order valence-electron chi connectivity index (χ1n) is 17.7. The van der Waals surface area contributed by atoms with Gasteiger partial charge in [-0.05, 0) is 54.0 Å². The van der Waals surface area contributed by atoms with Crippen LogP contribution < -0.4 is 11.4 Å². The maximum absolute atomic E-state index is 16.0. The Morgan fingerprint density at radius 3 is 1.87 bits per heavy atom. The van der Waals surface area contributed by atoms with Crippen LogP contribution in [0.4, 0.5) is 14.6 Å². The molecule has 1 aromatic rings. The predicted molar refractivity (Wildman–Crippen MR) is 185 cm³/mol. The number of ether oxygens (including phenoxy) is 4. The second-order valence-corrected chi connectivity index (χ2v) is 16.4. The normalized spacial score (nSPS) is 19.0. The number of carbonyl (C=O) groups is 3. The Kier molecular flexibility index (Phi) is 17.8. The number of aromatic nitrogens is 2. The van der Waals surface area contributed by atoms with E-state index in [1.165, 1.54) is 25.7 Å². The number of nitrogens with zero attached hydrogens (tertiary/aromatic N) is 2. The van der Waals surface area contributed by atoms with Crippen molar-refractivity contribution >= 4 is 31.5 Å². The third kappa shape index (κ3) is 14.8. The molecule has 0 aliphatic carbocycles. The summed E-state index contributed by atoms with van der Waals surface area (Å²) in [7, 11) is -4.86. The molecule has 2 N–H and O–H groups in total. The molecule has 1 fully saturated rings. The molecular formula is C34H56F2N3O12P. The largest absolute Gasteiger partial charge is 0.480 e. The number of alkyl halides is 2. The van der Waals surface area contributed by atoms with Crippen LogP contribution in [0.3, 0.4) is 0 Å². The highest BCUT2D eigenvalue weighted by atomic mass is 31.2. The molecule has 1 aromatic heterocycles. The molecule has 2 unspecified atom stereocenters. The van der Waals surface area contributed by atoms with Crippen LogP contribution in [0.15, 0.2) is 17.1 Å². The monoisotopic (exact) mass is 767 g/mol. The van der Waals surface area contributed by atoms with E-state index in [1.54, 1.807) is 41.5 Å². The average molecular weight is 768 g/mol. The molecule has 0 amide bonds. The van der Waals surface area contributed by atoms with Crippen LogP contribution in [-0.4, -0.2) is 65.8 Å². The number of phosphoric ester groups is 1. The van der Waals surface area contributed by atoms with Gasteiger partial charge in [0, 0.05) is 12.6 Å². The van der Waals surface area contributed by atoms with Crippen LogP contribution in [0, 0.1) is 10.8 Å². The lowest BCUT2D eigenvalue weighted by Crippen LogP contribution is -2.44. The van der Waals surface area contributed by atoms with Crippen molar-refractivity contribution in [3.63, 3.8) is 0 Å². The van der Waals surface area contributed by atoms with Gasteiger partial charge >= 0.3 is 37.3 Å². The quantitative estimate of drug-likeness (QED) is 0.0424. The number of hydrogen-bond acceptors (Lipinski definition) is 14. The number of unbranched alkanes of at least 4 members (excludes halogenated alkanes) is 9. The number of hydrogen-bond donors (Lipinski definition) is 1. The number of esters is 3. The van der Waals surface area contributed by atoms with Crippen LogP contribution in [0.25, 0.3) is 0 Å². The van der Waals surface area contributed by atoms with Gasteiger partial charge in [0.05, 0.1) is 17.4 Å². The number of phosphoric acid groups is 1. The first-order chi connectivity index (χ1) is 24.2. The van der Waals surface area contributed by atoms with E-state index in [2.05, 4.69) is 11.9 Å². The van der Waals surface area contributed by atoms with Crippen molar-refractivity contribution in [2.24, 2.45) is 10.8 Å². The lowest BCUT2D eigenvalue weighted by molar-refractivity contribution is -0.176. The molecule has 1 aliphatic heterocycles. The maximum atomic E-state index is 16.0. The highest BCUT2D eigenvalue weighted by Gasteiger charge is 2.63. The molecule has 1 saturated heterocycles. The third-order valence-electron chi connectivity index (χ3n) is 7.87. The number of carbonyl (C=O) groups excluding carboxylic acids is 3. The van der Waals surface area contributed by atoms with E-state index < -0.39 is 86.8 Å². The van der Waals surface area contributed by atoms with Crippen LogP contribution in [0.5, 0.6) is 0 Å². The van der Waals surface area contributed by atoms with Gasteiger partial charge in [0.2, 0.25) is 19.8 Å². The number of nitrogen functional groups attached to an aromatic ring is 1. The Labute approximate surface area is 304 Å². The summed E-state index contributed by atoms with van der Waals surface area (Å²) in [5.74, 6) is -6.68. The fraction of sp³-hybridized carbons (Fsp3) is 0.794. The van der Waals surface area contributed by atoms with Crippen LogP contribution in [0.2, 0.25) is 0 Å². The molecule has 0 bridgehead atoms. The zero-order chi connectivity index (χ0) is 39.2. The fourth-order valence-electron chi connectivity index (χ4n) is 4.81. The van der Waals surface area contributed by atoms with Crippen LogP contribution >= 0.6 is 7.82 Å². The molecule has 3 atom stereocenters. The molecule has 0 radical (unpaired) electrons. The summed E-state index contributed by atoms with van der Waals surface area (Å²) in [5.41, 5.74) is 2.43. The molecule has 18 heteroatoms. The van der Waals surface area contributed by atoms with Gasteiger partial charge in [-0.2, -0.15) is 13.8 Å². The van der Waals surface area contributed by atoms with Crippen molar-refractivity contribution in [1.82, 2.24) is 9.55 Å². The first kappa shape index (κ1) is 45.2. The van der Waals surface area contributed by atoms with Crippen molar-refractivity contribution < 1.29 is 60.2 Å². The van der Waals surface area contributed by atoms with Gasteiger partial charge in [-0.1, -0.05) is 64.7 Å². The van der Waals surface area contributed by atoms with Crippen molar-refractivity contribution in [1.29, 1.82) is 0 Å². The molecule has 2 heterocycles. The summed E-state index contributed by atoms with van der Waals surface area (Å²) >= 11 is 0. The highest BCUT2D eigenvalue weighted by Crippen LogP contribution is 2.52. The Balaban J connectivity index is 2.19. The van der Waals surface area contributed by atoms with Gasteiger partial charge in [0.15, 0.2) is 6.10 Å². The second-order valence-electron chi connectivity index (χ2n) is 14.7. The Bertz CT molecular complexity index is 1380. The summed E-state index contributed by atoms with van der Waals surface area (Å²) in [6.07, 6.45) is 4.27. The smallest absolute Gasteiger partial charge is 0.453 e. The minimum Gasteiger partial charge on any atom is -0.453 e. The van der Waals surface area contributed by atoms with Gasteiger partial charge in [0.1, 0.15) is 11.9 Å². The summed E-state index contributed by atoms with van der Waals surface area (Å²) in [6.45, 7) is 8.60. The van der Waals surface area contributed by atoms with Crippen molar-refractivity contribution in [2.75, 3.05) is 25.9 Å². The van der Waals surface area contributed by atoms with Crippen molar-refractivity contribution in [2.45, 2.75) is 143 Å². The van der Waals surface area contributed by atoms with Crippen LogP contribution in [-0.2, 0) is 51.5 Å². The third-order valence-corrected chi connectivity index (χ3v) is 9.18. The van der Waals surface area contributed by atoms with Gasteiger partial charge in [-0.3, -0.25) is 23.5 Å². The Morgan fingerprint density at radius 2 is 1.38 bits per heavy atom. The predicted octanol–water partition coefficient (Wildman–Crippen LogP) is 6.83. The van der Waals surface area contributed by atoms with E-state index in [-0.39, 0.29) is 12.2 Å². The molecule has 0 saturated carbocycles. The molecule has 1 aliphatic rings. The van der Waals surface area contributed by atoms with E-state index in [4.69, 9.17) is 38.3 Å². The van der Waals surface area contributed by atoms with E-state index in [0.29, 0.717) is 17.4 Å². The van der Waals surface area contributed by atoms with E-state index in [0.717, 1.165) is 37.9 Å². The van der Waals surface area contributed by atoms with Gasteiger partial charge in [-0.25, -0.2) is 18.4 Å². The molecule has 298 valence electrons. The number of rotatable bonds is 22. The number of halogens is 2. The van der Waals surface area contributed by atoms with E-state index >= 15 is 8.78 Å². The molecule has 52 heavy (non-hydrogen) atoms. The Morgan fingerprint density at radius 1 is 0.885 bits per heavy atom. The number of anilines is 1. The van der Waals surface area contributed by atoms with Crippen molar-refractivity contribution in [3.05, 3.63) is 22.7 Å². The summed E-state index contributed by atoms with van der Waals surface area (Å²) in [6, 6.07) is 1.10. The highest BCUT2D eigenvalue weighted by molar-refractivity contribution is 7.48. The van der Waals surface area contributed by atoms with E-state index in [1.807, 2.05) is 0 Å². The minimum absolute atomic E-state index is 0.159. The van der Waals surface area contributed by atoms with Crippen molar-refractivity contribution in [3.8, 4) is 0 Å². The lowest BCUT2D eigenvalue weighted by atomic mass is 9.98. The fourth-order valence-corrected chi connectivity index (χ4v) is 5.72. The minimum atomic E-state index is -4.86. The summed E-state index contributed by atoms with van der Waals surface area (Å²) in [4.78, 5) is 53.3. The van der Waals surface area contributed by atoms with Gasteiger partial charge in [0.25, 0.3) is 0 Å². The first-order valence-corrected chi connectivity index (χ1v) is 19.1. The zero-order valence-corrected chi connectivity index (χ0v) is 32.3. The lowest BCUT2D eigenvalue weighted by Gasteiger charge is -2.25. The SMILES string of the molecule is CCCCCCCCCCCCC(=O)O[C@@H]1C(COP(=O)(OCOC(=O)C(C)(C)C)OCOC(=O)C(C)(C)C)OC(n2ccc(N)nc2=O)C1(F)F. The molecular weight excluding hydrogens is 711 g/mol. The van der Waals surface area contributed by atoms with Crippen LogP contribution in [0.1, 0.15) is 125 Å². The standard InChI is InChI=1S/C34H56F2N3O12P/c1-8-9-10-11-12-13-14-15-16-17-18-26(40)51-27-24(50-28(34(27,35)36)39-20-19-25(37)38-31(39)43)21-47-52(44,48-22-45-29(41)32(2,3)4)49-23-46-30(42)33(5,6)7/h19-20,24,27-28H,8-18,21-23H2,1-7H3,(H2,37,38,43)/t24?,27-,28?/m1/s1. The average Bonchev–Trinajstić information content (AvgIpc) is 3.28. The summed E-state index contributed by atoms with van der Waals surface area (Å²) in [5, 5.41) is 0. The second kappa shape index (κ2) is 20.5. The van der Waals surface area contributed by atoms with Gasteiger partial charge in [-0.15, -0.1) is 0 Å².